The van der Waals surface area contributed by atoms with Crippen molar-refractivity contribution in [1.29, 1.82) is 0 Å². The minimum atomic E-state index is 0.234. The maximum atomic E-state index is 11.4. The second-order valence-electron chi connectivity index (χ2n) is 4.33. The number of carbonyl (C=O) groups is 1. The molecule has 0 spiro atoms. The number of hydrogen-bond donors (Lipinski definition) is 0. The van der Waals surface area contributed by atoms with Crippen molar-refractivity contribution < 1.29 is 9.53 Å². The van der Waals surface area contributed by atoms with Crippen molar-refractivity contribution in [2.75, 3.05) is 13.2 Å². The Morgan fingerprint density at radius 1 is 1.47 bits per heavy atom. The minimum absolute atomic E-state index is 0.234. The third-order valence-corrected chi connectivity index (χ3v) is 2.90. The van der Waals surface area contributed by atoms with E-state index in [1.54, 1.807) is 6.92 Å². The summed E-state index contributed by atoms with van der Waals surface area (Å²) < 4.78 is 5.31. The summed E-state index contributed by atoms with van der Waals surface area (Å²) in [7, 11) is 0. The van der Waals surface area contributed by atoms with Crippen molar-refractivity contribution >= 4 is 5.78 Å². The molecule has 0 radical (unpaired) electrons. The Bertz CT molecular complexity index is 225. The summed E-state index contributed by atoms with van der Waals surface area (Å²) in [5.41, 5.74) is 1.01. The quantitative estimate of drug-likeness (QED) is 0.497. The molecule has 1 heterocycles. The first kappa shape index (κ1) is 12.4. The van der Waals surface area contributed by atoms with Crippen LogP contribution in [0.15, 0.2) is 11.6 Å². The van der Waals surface area contributed by atoms with Crippen LogP contribution in [0.1, 0.15) is 46.0 Å². The second-order valence-corrected chi connectivity index (χ2v) is 4.33. The molecule has 15 heavy (non-hydrogen) atoms. The van der Waals surface area contributed by atoms with E-state index in [1.807, 2.05) is 0 Å². The highest BCUT2D eigenvalue weighted by Crippen LogP contribution is 2.19. The van der Waals surface area contributed by atoms with Crippen LogP contribution in [-0.4, -0.2) is 19.0 Å². The van der Waals surface area contributed by atoms with E-state index < -0.39 is 0 Å². The van der Waals surface area contributed by atoms with Crippen LogP contribution in [0, 0.1) is 5.92 Å². The third-order valence-electron chi connectivity index (χ3n) is 2.90. The van der Waals surface area contributed by atoms with Crippen molar-refractivity contribution in [2.45, 2.75) is 46.0 Å². The number of Topliss-reactive ketones (excluding diaryl/α,β-unsaturated/α-hetero) is 1. The fourth-order valence-electron chi connectivity index (χ4n) is 1.91. The molecule has 1 atom stereocenters. The van der Waals surface area contributed by atoms with Crippen LogP contribution in [0.3, 0.4) is 0 Å². The highest BCUT2D eigenvalue weighted by molar-refractivity contribution is 5.93. The Morgan fingerprint density at radius 2 is 2.27 bits per heavy atom. The van der Waals surface area contributed by atoms with Gasteiger partial charge in [0.1, 0.15) is 0 Å². The molecule has 2 nitrogen and oxygen atoms in total. The van der Waals surface area contributed by atoms with Crippen molar-refractivity contribution in [3.05, 3.63) is 11.6 Å². The third kappa shape index (κ3) is 4.61. The van der Waals surface area contributed by atoms with Gasteiger partial charge in [-0.3, -0.25) is 4.79 Å². The molecule has 1 fully saturated rings. The summed E-state index contributed by atoms with van der Waals surface area (Å²) in [6.07, 6.45) is 7.72. The fourth-order valence-corrected chi connectivity index (χ4v) is 1.91. The zero-order valence-corrected chi connectivity index (χ0v) is 9.92. The number of allylic oxidation sites excluding steroid dienone is 1. The molecule has 86 valence electrons. The van der Waals surface area contributed by atoms with Crippen LogP contribution in [0.5, 0.6) is 0 Å². The lowest BCUT2D eigenvalue weighted by Gasteiger charge is -2.06. The maximum absolute atomic E-state index is 11.4. The maximum Gasteiger partial charge on any atom is 0.155 e. The van der Waals surface area contributed by atoms with Crippen LogP contribution in [0.4, 0.5) is 0 Å². The summed E-state index contributed by atoms with van der Waals surface area (Å²) in [6, 6.07) is 0. The van der Waals surface area contributed by atoms with E-state index in [4.69, 9.17) is 4.74 Å². The van der Waals surface area contributed by atoms with Gasteiger partial charge in [0.05, 0.1) is 6.61 Å². The summed E-state index contributed by atoms with van der Waals surface area (Å²) >= 11 is 0. The molecular weight excluding hydrogens is 188 g/mol. The summed E-state index contributed by atoms with van der Waals surface area (Å²) in [5.74, 6) is 0.712. The topological polar surface area (TPSA) is 26.3 Å². The van der Waals surface area contributed by atoms with Gasteiger partial charge < -0.3 is 4.74 Å². The van der Waals surface area contributed by atoms with Gasteiger partial charge in [-0.15, -0.1) is 0 Å². The summed E-state index contributed by atoms with van der Waals surface area (Å²) in [6.45, 7) is 5.50. The Labute approximate surface area is 92.7 Å². The molecule has 0 aromatic rings. The van der Waals surface area contributed by atoms with E-state index in [9.17, 15) is 4.79 Å². The molecular formula is C13H22O2. The van der Waals surface area contributed by atoms with Gasteiger partial charge in [-0.1, -0.05) is 25.8 Å². The minimum Gasteiger partial charge on any atom is -0.381 e. The SMILES string of the molecule is CCCCCC(=CC1CCOC1)C(C)=O. The van der Waals surface area contributed by atoms with Crippen molar-refractivity contribution in [2.24, 2.45) is 5.92 Å². The molecule has 2 heteroatoms. The van der Waals surface area contributed by atoms with E-state index >= 15 is 0 Å². The second kappa shape index (κ2) is 6.78. The Kier molecular flexibility index (Phi) is 5.62. The average Bonchev–Trinajstić information content (AvgIpc) is 2.69. The van der Waals surface area contributed by atoms with Gasteiger partial charge in [-0.25, -0.2) is 0 Å². The Hall–Kier alpha value is -0.630. The smallest absolute Gasteiger partial charge is 0.155 e. The standard InChI is InChI=1S/C13H22O2/c1-3-4-5-6-13(11(2)14)9-12-7-8-15-10-12/h9,12H,3-8,10H2,1-2H3. The number of rotatable bonds is 6. The monoisotopic (exact) mass is 210 g/mol. The number of unbranched alkanes of at least 4 members (excludes halogenated alkanes) is 2. The molecule has 0 saturated carbocycles. The summed E-state index contributed by atoms with van der Waals surface area (Å²) in [4.78, 5) is 11.4. The molecule has 0 aliphatic carbocycles. The predicted octanol–water partition coefficient (Wildman–Crippen LogP) is 3.12. The number of ketones is 1. The van der Waals surface area contributed by atoms with Gasteiger partial charge in [0, 0.05) is 12.5 Å². The van der Waals surface area contributed by atoms with Crippen molar-refractivity contribution in [1.82, 2.24) is 0 Å². The number of ether oxygens (including phenoxy) is 1. The van der Waals surface area contributed by atoms with Crippen LogP contribution < -0.4 is 0 Å². The predicted molar refractivity (Wildman–Crippen MR) is 61.8 cm³/mol. The molecule has 0 aromatic carbocycles. The molecule has 1 rings (SSSR count). The molecule has 0 N–H and O–H groups in total. The lowest BCUT2D eigenvalue weighted by molar-refractivity contribution is -0.113. The van der Waals surface area contributed by atoms with E-state index in [-0.39, 0.29) is 5.78 Å². The Morgan fingerprint density at radius 3 is 2.80 bits per heavy atom. The van der Waals surface area contributed by atoms with E-state index in [0.29, 0.717) is 5.92 Å². The van der Waals surface area contributed by atoms with Gasteiger partial charge in [0.25, 0.3) is 0 Å². The van der Waals surface area contributed by atoms with Gasteiger partial charge >= 0.3 is 0 Å². The number of hydrogen-bond acceptors (Lipinski definition) is 2. The van der Waals surface area contributed by atoms with E-state index in [0.717, 1.165) is 38.0 Å². The van der Waals surface area contributed by atoms with Crippen molar-refractivity contribution in [3.63, 3.8) is 0 Å². The lowest BCUT2D eigenvalue weighted by Crippen LogP contribution is -2.02. The van der Waals surface area contributed by atoms with E-state index in [2.05, 4.69) is 13.0 Å². The van der Waals surface area contributed by atoms with Crippen LogP contribution >= 0.6 is 0 Å². The molecule has 1 aliphatic heterocycles. The van der Waals surface area contributed by atoms with Gasteiger partial charge in [-0.05, 0) is 31.8 Å². The van der Waals surface area contributed by atoms with Crippen molar-refractivity contribution in [3.8, 4) is 0 Å². The summed E-state index contributed by atoms with van der Waals surface area (Å²) in [5, 5.41) is 0. The largest absolute Gasteiger partial charge is 0.381 e. The highest BCUT2D eigenvalue weighted by Gasteiger charge is 2.15. The fraction of sp³-hybridized carbons (Fsp3) is 0.769. The normalized spacial score (nSPS) is 22.0. The molecule has 1 unspecified atom stereocenters. The molecule has 0 aromatic heterocycles. The molecule has 1 saturated heterocycles. The zero-order chi connectivity index (χ0) is 11.1. The first-order chi connectivity index (χ1) is 7.24. The van der Waals surface area contributed by atoms with Gasteiger partial charge in [-0.2, -0.15) is 0 Å². The van der Waals surface area contributed by atoms with Crippen LogP contribution in [0.25, 0.3) is 0 Å². The first-order valence-corrected chi connectivity index (χ1v) is 6.03. The highest BCUT2D eigenvalue weighted by atomic mass is 16.5. The Balaban J connectivity index is 2.44. The van der Waals surface area contributed by atoms with Gasteiger partial charge in [0.2, 0.25) is 0 Å². The first-order valence-electron chi connectivity index (χ1n) is 6.03. The van der Waals surface area contributed by atoms with Crippen LogP contribution in [-0.2, 0) is 9.53 Å². The zero-order valence-electron chi connectivity index (χ0n) is 9.92. The number of carbonyl (C=O) groups excluding carboxylic acids is 1. The van der Waals surface area contributed by atoms with Crippen LogP contribution in [0.2, 0.25) is 0 Å². The molecule has 1 aliphatic rings. The molecule has 0 bridgehead atoms. The lowest BCUT2D eigenvalue weighted by atomic mass is 9.98. The van der Waals surface area contributed by atoms with Gasteiger partial charge in [0.15, 0.2) is 5.78 Å². The molecule has 0 amide bonds. The average molecular weight is 210 g/mol. The van der Waals surface area contributed by atoms with E-state index in [1.165, 1.54) is 12.8 Å².